The van der Waals surface area contributed by atoms with Crippen molar-refractivity contribution < 1.29 is 4.74 Å². The van der Waals surface area contributed by atoms with E-state index in [1.54, 1.807) is 6.92 Å². The predicted molar refractivity (Wildman–Crippen MR) is 57.2 cm³/mol. The lowest BCUT2D eigenvalue weighted by Gasteiger charge is -2.39. The molecule has 4 nitrogen and oxygen atoms in total. The summed E-state index contributed by atoms with van der Waals surface area (Å²) in [5, 5.41) is 8.93. The van der Waals surface area contributed by atoms with Gasteiger partial charge in [-0.1, -0.05) is 0 Å². The molecule has 2 aliphatic rings. The molecule has 3 unspecified atom stereocenters. The van der Waals surface area contributed by atoms with Crippen LogP contribution in [0.2, 0.25) is 0 Å². The van der Waals surface area contributed by atoms with E-state index in [-0.39, 0.29) is 0 Å². The highest BCUT2D eigenvalue weighted by molar-refractivity contribution is 5.05. The van der Waals surface area contributed by atoms with Crippen LogP contribution in [0.25, 0.3) is 0 Å². The molecule has 2 fully saturated rings. The molecule has 0 aromatic carbocycles. The van der Waals surface area contributed by atoms with E-state index in [0.29, 0.717) is 18.7 Å². The fraction of sp³-hybridized carbons (Fsp3) is 0.909. The maximum absolute atomic E-state index is 8.93. The van der Waals surface area contributed by atoms with Gasteiger partial charge in [0.25, 0.3) is 0 Å². The van der Waals surface area contributed by atoms with Gasteiger partial charge in [0.1, 0.15) is 5.54 Å². The molecule has 0 amide bonds. The average Bonchev–Trinajstić information content (AvgIpc) is 2.66. The Hall–Kier alpha value is -0.630. The zero-order chi connectivity index (χ0) is 10.9. The zero-order valence-electron chi connectivity index (χ0n) is 9.28. The van der Waals surface area contributed by atoms with Gasteiger partial charge in [-0.2, -0.15) is 5.26 Å². The molecule has 1 saturated heterocycles. The van der Waals surface area contributed by atoms with Crippen LogP contribution in [0.4, 0.5) is 0 Å². The third kappa shape index (κ3) is 2.31. The molecule has 0 radical (unpaired) electrons. The molecule has 1 aliphatic carbocycles. The molecule has 84 valence electrons. The number of nitrogens with zero attached hydrogens (tertiary/aromatic N) is 2. The summed E-state index contributed by atoms with van der Waals surface area (Å²) >= 11 is 0. The van der Waals surface area contributed by atoms with Crippen LogP contribution in [0.5, 0.6) is 0 Å². The van der Waals surface area contributed by atoms with Crippen molar-refractivity contribution >= 4 is 0 Å². The second kappa shape index (κ2) is 4.09. The number of nitrogens with two attached hydrogens (primary N) is 1. The topological polar surface area (TPSA) is 62.3 Å². The van der Waals surface area contributed by atoms with E-state index in [0.717, 1.165) is 19.6 Å². The molecule has 1 aliphatic heterocycles. The maximum Gasteiger partial charge on any atom is 0.114 e. The van der Waals surface area contributed by atoms with Crippen LogP contribution in [0.15, 0.2) is 0 Å². The Balaban J connectivity index is 2.00. The molecule has 0 bridgehead atoms. The molecule has 2 N–H and O–H groups in total. The van der Waals surface area contributed by atoms with E-state index in [9.17, 15) is 0 Å². The van der Waals surface area contributed by atoms with Gasteiger partial charge < -0.3 is 10.5 Å². The van der Waals surface area contributed by atoms with E-state index >= 15 is 0 Å². The number of hydrogen-bond acceptors (Lipinski definition) is 4. The van der Waals surface area contributed by atoms with Crippen LogP contribution in [0.1, 0.15) is 26.2 Å². The van der Waals surface area contributed by atoms with Crippen molar-refractivity contribution in [2.75, 3.05) is 19.7 Å². The number of fused-ring (bicyclic) bond motifs is 1. The normalized spacial score (nSPS) is 35.5. The second-order valence-electron chi connectivity index (χ2n) is 4.91. The van der Waals surface area contributed by atoms with Crippen molar-refractivity contribution in [1.82, 2.24) is 4.90 Å². The summed E-state index contributed by atoms with van der Waals surface area (Å²) in [5.41, 5.74) is 5.15. The van der Waals surface area contributed by atoms with Gasteiger partial charge >= 0.3 is 0 Å². The predicted octanol–water partition coefficient (Wildman–Crippen LogP) is 0.481. The number of rotatable bonds is 2. The molecule has 1 saturated carbocycles. The SMILES string of the molecule is CC(N)(C#N)CN1CCOC2CCCC21. The Morgan fingerprint density at radius 1 is 1.60 bits per heavy atom. The smallest absolute Gasteiger partial charge is 0.114 e. The highest BCUT2D eigenvalue weighted by atomic mass is 16.5. The lowest BCUT2D eigenvalue weighted by molar-refractivity contribution is -0.0589. The van der Waals surface area contributed by atoms with E-state index in [1.807, 2.05) is 0 Å². The van der Waals surface area contributed by atoms with E-state index in [2.05, 4.69) is 11.0 Å². The first kappa shape index (κ1) is 10.9. The van der Waals surface area contributed by atoms with Gasteiger partial charge in [-0.05, 0) is 26.2 Å². The maximum atomic E-state index is 8.93. The summed E-state index contributed by atoms with van der Waals surface area (Å²) in [6.07, 6.45) is 3.97. The first-order valence-corrected chi connectivity index (χ1v) is 5.68. The van der Waals surface area contributed by atoms with Crippen LogP contribution in [0, 0.1) is 11.3 Å². The summed E-state index contributed by atoms with van der Waals surface area (Å²) in [6, 6.07) is 2.66. The monoisotopic (exact) mass is 209 g/mol. The highest BCUT2D eigenvalue weighted by Crippen LogP contribution is 2.30. The molecule has 4 heteroatoms. The zero-order valence-corrected chi connectivity index (χ0v) is 9.28. The molecule has 15 heavy (non-hydrogen) atoms. The van der Waals surface area contributed by atoms with Gasteiger partial charge in [0, 0.05) is 19.1 Å². The molecule has 1 heterocycles. The summed E-state index contributed by atoms with van der Waals surface area (Å²) in [7, 11) is 0. The minimum Gasteiger partial charge on any atom is -0.375 e. The van der Waals surface area contributed by atoms with Crippen LogP contribution in [-0.2, 0) is 4.74 Å². The lowest BCUT2D eigenvalue weighted by Crippen LogP contribution is -2.55. The minimum atomic E-state index is -0.732. The van der Waals surface area contributed by atoms with Crippen LogP contribution in [0.3, 0.4) is 0 Å². The van der Waals surface area contributed by atoms with Crippen LogP contribution < -0.4 is 5.73 Å². The summed E-state index contributed by atoms with van der Waals surface area (Å²) in [5.74, 6) is 0. The van der Waals surface area contributed by atoms with Crippen molar-refractivity contribution in [3.63, 3.8) is 0 Å². The van der Waals surface area contributed by atoms with Gasteiger partial charge in [-0.3, -0.25) is 4.90 Å². The summed E-state index contributed by atoms with van der Waals surface area (Å²) in [4.78, 5) is 2.34. The lowest BCUT2D eigenvalue weighted by atomic mass is 10.0. The van der Waals surface area contributed by atoms with Crippen LogP contribution in [-0.4, -0.2) is 42.3 Å². The Labute approximate surface area is 91.0 Å². The van der Waals surface area contributed by atoms with Crippen molar-refractivity contribution in [1.29, 1.82) is 5.26 Å². The fourth-order valence-corrected chi connectivity index (χ4v) is 2.66. The third-order valence-electron chi connectivity index (χ3n) is 3.38. The third-order valence-corrected chi connectivity index (χ3v) is 3.38. The van der Waals surface area contributed by atoms with Gasteiger partial charge in [-0.25, -0.2) is 0 Å². The standard InChI is InChI=1S/C11H19N3O/c1-11(13,7-12)8-14-5-6-15-10-4-2-3-9(10)14/h9-10H,2-6,8,13H2,1H3. The number of hydrogen-bond donors (Lipinski definition) is 1. The molecule has 3 atom stereocenters. The van der Waals surface area contributed by atoms with Crippen molar-refractivity contribution in [3.8, 4) is 6.07 Å². The van der Waals surface area contributed by atoms with Crippen molar-refractivity contribution in [2.24, 2.45) is 5.73 Å². The average molecular weight is 209 g/mol. The first-order chi connectivity index (χ1) is 7.12. The number of nitriles is 1. The first-order valence-electron chi connectivity index (χ1n) is 5.68. The molecule has 0 aromatic rings. The molecule has 2 rings (SSSR count). The van der Waals surface area contributed by atoms with E-state index in [4.69, 9.17) is 15.7 Å². The summed E-state index contributed by atoms with van der Waals surface area (Å²) < 4.78 is 5.71. The Kier molecular flexibility index (Phi) is 2.96. The Morgan fingerprint density at radius 3 is 3.13 bits per heavy atom. The van der Waals surface area contributed by atoms with E-state index < -0.39 is 5.54 Å². The molecule has 0 aromatic heterocycles. The van der Waals surface area contributed by atoms with Crippen LogP contribution >= 0.6 is 0 Å². The molecular formula is C11H19N3O. The quantitative estimate of drug-likeness (QED) is 0.718. The largest absolute Gasteiger partial charge is 0.375 e. The second-order valence-corrected chi connectivity index (χ2v) is 4.91. The minimum absolute atomic E-state index is 0.383. The van der Waals surface area contributed by atoms with Gasteiger partial charge in [0.05, 0.1) is 18.8 Å². The van der Waals surface area contributed by atoms with Gasteiger partial charge in [0.15, 0.2) is 0 Å². The number of morpholine rings is 1. The fourth-order valence-electron chi connectivity index (χ4n) is 2.66. The van der Waals surface area contributed by atoms with Gasteiger partial charge in [-0.15, -0.1) is 0 Å². The molecule has 0 spiro atoms. The van der Waals surface area contributed by atoms with Crippen molar-refractivity contribution in [3.05, 3.63) is 0 Å². The Bertz CT molecular complexity index is 271. The van der Waals surface area contributed by atoms with Gasteiger partial charge in [0.2, 0.25) is 0 Å². The van der Waals surface area contributed by atoms with E-state index in [1.165, 1.54) is 12.8 Å². The number of ether oxygens (including phenoxy) is 1. The Morgan fingerprint density at radius 2 is 2.40 bits per heavy atom. The van der Waals surface area contributed by atoms with Crippen molar-refractivity contribution in [2.45, 2.75) is 43.9 Å². The summed E-state index contributed by atoms with van der Waals surface area (Å²) in [6.45, 7) is 4.15. The molecular weight excluding hydrogens is 190 g/mol. The highest BCUT2D eigenvalue weighted by Gasteiger charge is 2.38.